The van der Waals surface area contributed by atoms with Gasteiger partial charge in [-0.3, -0.25) is 14.5 Å². The summed E-state index contributed by atoms with van der Waals surface area (Å²) in [6, 6.07) is 23.1. The lowest BCUT2D eigenvalue weighted by atomic mass is 9.98. The first-order chi connectivity index (χ1) is 19.7. The second kappa shape index (κ2) is 10.1. The molecule has 0 fully saturated rings. The molecule has 1 aliphatic heterocycles. The van der Waals surface area contributed by atoms with Gasteiger partial charge < -0.3 is 20.1 Å². The highest BCUT2D eigenvalue weighted by Gasteiger charge is 2.39. The van der Waals surface area contributed by atoms with Crippen molar-refractivity contribution >= 4 is 40.3 Å². The van der Waals surface area contributed by atoms with Crippen LogP contribution in [0.25, 0.3) is 21.9 Å². The van der Waals surface area contributed by atoms with E-state index < -0.39 is 36.5 Å². The summed E-state index contributed by atoms with van der Waals surface area (Å²) in [4.78, 5) is 54.0. The molecule has 3 amide bonds. The number of amides is 3. The Morgan fingerprint density at radius 3 is 2.02 bits per heavy atom. The van der Waals surface area contributed by atoms with Gasteiger partial charge in [-0.05, 0) is 57.3 Å². The molecule has 0 aromatic heterocycles. The van der Waals surface area contributed by atoms with Crippen LogP contribution in [0.4, 0.5) is 10.5 Å². The molecule has 0 unspecified atom stereocenters. The molecule has 1 aliphatic carbocycles. The number of hydrogen-bond acceptors (Lipinski definition) is 6. The van der Waals surface area contributed by atoms with Gasteiger partial charge in [-0.25, -0.2) is 9.59 Å². The number of carbonyl (C=O) groups excluding carboxylic acids is 3. The molecule has 4 aromatic carbocycles. The number of alkyl carbamates (subject to hydrolysis) is 1. The monoisotopic (exact) mass is 549 g/mol. The van der Waals surface area contributed by atoms with E-state index >= 15 is 0 Å². The molecule has 9 nitrogen and oxygen atoms in total. The summed E-state index contributed by atoms with van der Waals surface area (Å²) in [6.07, 6.45) is -0.946. The normalized spacial score (nSPS) is 14.4. The fourth-order valence-electron chi connectivity index (χ4n) is 5.62. The van der Waals surface area contributed by atoms with Gasteiger partial charge in [0, 0.05) is 25.7 Å². The number of imide groups is 1. The molecular weight excluding hydrogens is 522 g/mol. The van der Waals surface area contributed by atoms with Gasteiger partial charge in [0.25, 0.3) is 11.8 Å². The summed E-state index contributed by atoms with van der Waals surface area (Å²) < 4.78 is 5.48. The Hall–Kier alpha value is -5.18. The van der Waals surface area contributed by atoms with E-state index in [9.17, 15) is 24.3 Å². The van der Waals surface area contributed by atoms with Gasteiger partial charge in [0.2, 0.25) is 0 Å². The van der Waals surface area contributed by atoms with Crippen LogP contribution in [0.2, 0.25) is 0 Å². The van der Waals surface area contributed by atoms with Crippen molar-refractivity contribution in [2.75, 3.05) is 32.1 Å². The lowest BCUT2D eigenvalue weighted by Gasteiger charge is -2.21. The summed E-state index contributed by atoms with van der Waals surface area (Å²) in [5, 5.41) is 13.7. The first-order valence-corrected chi connectivity index (χ1v) is 13.2. The van der Waals surface area contributed by atoms with Crippen molar-refractivity contribution in [3.05, 3.63) is 101 Å². The molecular formula is C32H27N3O6. The summed E-state index contributed by atoms with van der Waals surface area (Å²) in [5.74, 6) is -2.81. The zero-order chi connectivity index (χ0) is 28.8. The predicted octanol–water partition coefficient (Wildman–Crippen LogP) is 4.49. The smallest absolute Gasteiger partial charge is 0.407 e. The van der Waals surface area contributed by atoms with Crippen LogP contribution in [0.15, 0.2) is 78.9 Å². The number of nitrogens with one attached hydrogen (secondary N) is 1. The second-order valence-corrected chi connectivity index (χ2v) is 10.4. The Morgan fingerprint density at radius 2 is 1.44 bits per heavy atom. The van der Waals surface area contributed by atoms with E-state index in [1.807, 2.05) is 85.7 Å². The molecule has 2 N–H and O–H groups in total. The summed E-state index contributed by atoms with van der Waals surface area (Å²) >= 11 is 0. The van der Waals surface area contributed by atoms with Crippen LogP contribution >= 0.6 is 0 Å². The van der Waals surface area contributed by atoms with Gasteiger partial charge in [-0.2, -0.15) is 0 Å². The SMILES string of the molecule is CN(C)c1ccc2cc3c(cc2c1)C(=O)N(C[C@H](NC(=O)OCC1c2ccccc2-c2ccccc21)C(=O)O)C3=O. The maximum absolute atomic E-state index is 13.2. The number of nitrogens with zero attached hydrogens (tertiary/aromatic N) is 2. The van der Waals surface area contributed by atoms with E-state index in [4.69, 9.17) is 4.74 Å². The minimum atomic E-state index is -1.55. The number of rotatable bonds is 7. The fraction of sp³-hybridized carbons (Fsp3) is 0.188. The first kappa shape index (κ1) is 26.1. The Labute approximate surface area is 235 Å². The fourth-order valence-corrected chi connectivity index (χ4v) is 5.62. The van der Waals surface area contributed by atoms with Crippen molar-refractivity contribution in [3.8, 4) is 11.1 Å². The number of anilines is 1. The highest BCUT2D eigenvalue weighted by Crippen LogP contribution is 2.44. The molecule has 0 saturated carbocycles. The number of benzene rings is 4. The number of carboxylic acids is 1. The third-order valence-corrected chi connectivity index (χ3v) is 7.73. The largest absolute Gasteiger partial charge is 0.480 e. The first-order valence-electron chi connectivity index (χ1n) is 13.2. The van der Waals surface area contributed by atoms with E-state index in [2.05, 4.69) is 5.32 Å². The van der Waals surface area contributed by atoms with Gasteiger partial charge in [0.15, 0.2) is 0 Å². The van der Waals surface area contributed by atoms with Gasteiger partial charge in [0.05, 0.1) is 17.7 Å². The molecule has 0 bridgehead atoms. The second-order valence-electron chi connectivity index (χ2n) is 10.4. The Balaban J connectivity index is 1.16. The zero-order valence-electron chi connectivity index (χ0n) is 22.5. The van der Waals surface area contributed by atoms with Gasteiger partial charge in [0.1, 0.15) is 12.6 Å². The van der Waals surface area contributed by atoms with Crippen LogP contribution in [0.1, 0.15) is 37.8 Å². The maximum atomic E-state index is 13.2. The standard InChI is InChI=1S/C32H27N3O6/c1-34(2)20-12-11-18-14-25-26(15-19(18)13-20)30(37)35(29(25)36)16-28(31(38)39)33-32(40)41-17-27-23-9-5-3-7-21(23)22-8-4-6-10-24(22)27/h3-15,27-28H,16-17H2,1-2H3,(H,33,40)(H,38,39)/t28-/m0/s1. The molecule has 4 aromatic rings. The highest BCUT2D eigenvalue weighted by molar-refractivity contribution is 6.23. The Bertz CT molecular complexity index is 1700. The van der Waals surface area contributed by atoms with Crippen LogP contribution in [0.5, 0.6) is 0 Å². The molecule has 1 heterocycles. The van der Waals surface area contributed by atoms with E-state index in [-0.39, 0.29) is 23.7 Å². The summed E-state index contributed by atoms with van der Waals surface area (Å²) in [5.41, 5.74) is 5.51. The minimum absolute atomic E-state index is 0.000736. The highest BCUT2D eigenvalue weighted by atomic mass is 16.5. The number of fused-ring (bicyclic) bond motifs is 5. The Morgan fingerprint density at radius 1 is 0.854 bits per heavy atom. The molecule has 41 heavy (non-hydrogen) atoms. The molecule has 0 spiro atoms. The van der Waals surface area contributed by atoms with Crippen LogP contribution in [0.3, 0.4) is 0 Å². The minimum Gasteiger partial charge on any atom is -0.480 e. The molecule has 206 valence electrons. The molecule has 6 rings (SSSR count). The lowest BCUT2D eigenvalue weighted by molar-refractivity contribution is -0.139. The van der Waals surface area contributed by atoms with Crippen LogP contribution in [-0.4, -0.2) is 67.2 Å². The summed E-state index contributed by atoms with van der Waals surface area (Å²) in [6.45, 7) is -0.536. The van der Waals surface area contributed by atoms with Crippen molar-refractivity contribution in [1.82, 2.24) is 10.2 Å². The third kappa shape index (κ3) is 4.55. The van der Waals surface area contributed by atoms with Crippen molar-refractivity contribution in [2.24, 2.45) is 0 Å². The predicted molar refractivity (Wildman–Crippen MR) is 153 cm³/mol. The van der Waals surface area contributed by atoms with Crippen molar-refractivity contribution in [2.45, 2.75) is 12.0 Å². The molecule has 1 atom stereocenters. The lowest BCUT2D eigenvalue weighted by Crippen LogP contribution is -2.50. The third-order valence-electron chi connectivity index (χ3n) is 7.73. The van der Waals surface area contributed by atoms with Crippen LogP contribution in [-0.2, 0) is 9.53 Å². The number of aliphatic carboxylic acids is 1. The quantitative estimate of drug-likeness (QED) is 0.326. The molecule has 0 radical (unpaired) electrons. The number of hydrogen-bond donors (Lipinski definition) is 2. The van der Waals surface area contributed by atoms with Crippen molar-refractivity contribution < 1.29 is 29.0 Å². The van der Waals surface area contributed by atoms with E-state index in [1.54, 1.807) is 12.1 Å². The van der Waals surface area contributed by atoms with Crippen molar-refractivity contribution in [3.63, 3.8) is 0 Å². The van der Waals surface area contributed by atoms with Crippen LogP contribution in [0, 0.1) is 0 Å². The van der Waals surface area contributed by atoms with Gasteiger partial charge in [-0.15, -0.1) is 0 Å². The van der Waals surface area contributed by atoms with Crippen molar-refractivity contribution in [1.29, 1.82) is 0 Å². The number of ether oxygens (including phenoxy) is 1. The molecule has 0 saturated heterocycles. The van der Waals surface area contributed by atoms with Crippen LogP contribution < -0.4 is 10.2 Å². The van der Waals surface area contributed by atoms with Gasteiger partial charge >= 0.3 is 12.1 Å². The molecule has 9 heteroatoms. The summed E-state index contributed by atoms with van der Waals surface area (Å²) in [7, 11) is 3.81. The van der Waals surface area contributed by atoms with Gasteiger partial charge in [-0.1, -0.05) is 54.6 Å². The van der Waals surface area contributed by atoms with E-state index in [0.29, 0.717) is 0 Å². The number of carbonyl (C=O) groups is 4. The average Bonchev–Trinajstić information content (AvgIpc) is 3.40. The van der Waals surface area contributed by atoms with E-state index in [0.717, 1.165) is 43.6 Å². The average molecular weight is 550 g/mol. The maximum Gasteiger partial charge on any atom is 0.407 e. The topological polar surface area (TPSA) is 116 Å². The zero-order valence-corrected chi connectivity index (χ0v) is 22.5. The molecule has 2 aliphatic rings. The Kier molecular flexibility index (Phi) is 6.42. The van der Waals surface area contributed by atoms with E-state index in [1.165, 1.54) is 0 Å². The number of carboxylic acid groups (broad SMARTS) is 1.